The fraction of sp³-hybridized carbons (Fsp3) is 0.667. The summed E-state index contributed by atoms with van der Waals surface area (Å²) in [5, 5.41) is 0. The summed E-state index contributed by atoms with van der Waals surface area (Å²) < 4.78 is 0.726. The van der Waals surface area contributed by atoms with Crippen LogP contribution < -0.4 is 0 Å². The van der Waals surface area contributed by atoms with Crippen molar-refractivity contribution in [2.24, 2.45) is 0 Å². The molecule has 3 aliphatic rings. The predicted molar refractivity (Wildman–Crippen MR) is 48.6 cm³/mol. The normalized spacial score (nSPS) is 66.6. The Morgan fingerprint density at radius 3 is 3.22 bits per heavy atom. The molecule has 1 aliphatic carbocycles. The van der Waals surface area contributed by atoms with Crippen LogP contribution in [-0.2, 0) is 0 Å². The van der Waals surface area contributed by atoms with E-state index in [1.807, 2.05) is 0 Å². The molecule has 9 heavy (non-hydrogen) atoms. The third kappa shape index (κ3) is 0.763. The maximum atomic E-state index is 2.66. The third-order valence-corrected chi connectivity index (χ3v) is 11.9. The van der Waals surface area contributed by atoms with Crippen molar-refractivity contribution in [3.8, 4) is 0 Å². The molecule has 0 radical (unpaired) electrons. The van der Waals surface area contributed by atoms with Crippen LogP contribution in [0.2, 0.25) is 14.4 Å². The molecule has 0 aromatic carbocycles. The fourth-order valence-electron chi connectivity index (χ4n) is 1.35. The van der Waals surface area contributed by atoms with Crippen molar-refractivity contribution in [3.05, 3.63) is 12.2 Å². The molecule has 2 aliphatic heterocycles. The number of halogens is 1. The van der Waals surface area contributed by atoms with Gasteiger partial charge in [-0.25, -0.2) is 0 Å². The molecule has 0 spiro atoms. The summed E-state index contributed by atoms with van der Waals surface area (Å²) in [5.41, 5.74) is 0. The quantitative estimate of drug-likeness (QED) is 0.265. The van der Waals surface area contributed by atoms with E-state index in [4.69, 9.17) is 0 Å². The molecule has 2 fully saturated rings. The Balaban J connectivity index is 2.04. The Morgan fingerprint density at radius 1 is 1.56 bits per heavy atom. The number of allylic oxidation sites excluding steroid dienone is 2. The first-order valence-corrected chi connectivity index (χ1v) is 7.91. The molecule has 0 N–H and O–H groups in total. The van der Waals surface area contributed by atoms with Crippen LogP contribution in [-0.4, -0.2) is 32.2 Å². The van der Waals surface area contributed by atoms with Crippen LogP contribution in [0.3, 0.4) is 0 Å². The van der Waals surface area contributed by atoms with E-state index in [9.17, 15) is 0 Å². The van der Waals surface area contributed by atoms with Crippen LogP contribution in [0, 0.1) is 0 Å². The van der Waals surface area contributed by atoms with Gasteiger partial charge in [0.1, 0.15) is 0 Å². The van der Waals surface area contributed by atoms with Crippen molar-refractivity contribution in [1.29, 1.82) is 0 Å². The summed E-state index contributed by atoms with van der Waals surface area (Å²) in [6, 6.07) is 0. The summed E-state index contributed by atoms with van der Waals surface area (Å²) in [4.78, 5) is 3.48. The minimum atomic E-state index is 0.726. The SMILES string of the molecule is IC12C=CC3[Se]C3C1[Se]2. The Bertz CT molecular complexity index is 203. The summed E-state index contributed by atoms with van der Waals surface area (Å²) in [6.07, 6.45) is 4.98. The second-order valence-corrected chi connectivity index (χ2v) is 11.9. The van der Waals surface area contributed by atoms with E-state index in [1.165, 1.54) is 9.63 Å². The zero-order valence-corrected chi connectivity index (χ0v) is 10.2. The molecule has 2 heterocycles. The molecule has 0 amide bonds. The van der Waals surface area contributed by atoms with E-state index in [-0.39, 0.29) is 0 Å². The molecule has 2 saturated heterocycles. The van der Waals surface area contributed by atoms with Gasteiger partial charge in [0.2, 0.25) is 0 Å². The zero-order valence-electron chi connectivity index (χ0n) is 4.58. The van der Waals surface area contributed by atoms with Gasteiger partial charge in [0.15, 0.2) is 0 Å². The van der Waals surface area contributed by atoms with Gasteiger partial charge in [-0.05, 0) is 0 Å². The van der Waals surface area contributed by atoms with Gasteiger partial charge in [-0.1, -0.05) is 0 Å². The van der Waals surface area contributed by atoms with Crippen LogP contribution in [0.1, 0.15) is 0 Å². The van der Waals surface area contributed by atoms with Gasteiger partial charge in [-0.2, -0.15) is 0 Å². The number of fused-ring (bicyclic) bond motifs is 3. The van der Waals surface area contributed by atoms with Gasteiger partial charge < -0.3 is 0 Å². The monoisotopic (exact) mass is 364 g/mol. The molecule has 4 unspecified atom stereocenters. The second kappa shape index (κ2) is 1.64. The van der Waals surface area contributed by atoms with Crippen LogP contribution >= 0.6 is 22.6 Å². The molecule has 0 aromatic heterocycles. The van der Waals surface area contributed by atoms with Crippen molar-refractivity contribution >= 4 is 52.5 Å². The Morgan fingerprint density at radius 2 is 2.44 bits per heavy atom. The van der Waals surface area contributed by atoms with Crippen molar-refractivity contribution in [2.75, 3.05) is 0 Å². The first kappa shape index (κ1) is 6.07. The number of alkyl halides is 1. The summed E-state index contributed by atoms with van der Waals surface area (Å²) in [7, 11) is 0. The summed E-state index contributed by atoms with van der Waals surface area (Å²) in [5.74, 6) is 0. The fourth-order valence-corrected chi connectivity index (χ4v) is 10.5. The maximum absolute atomic E-state index is 2.66. The average Bonchev–Trinajstić information content (AvgIpc) is 2.52. The van der Waals surface area contributed by atoms with E-state index >= 15 is 0 Å². The molecule has 3 rings (SSSR count). The average molecular weight is 362 g/mol. The van der Waals surface area contributed by atoms with Gasteiger partial charge in [-0.3, -0.25) is 0 Å². The molecule has 0 saturated carbocycles. The van der Waals surface area contributed by atoms with E-state index in [0.717, 1.165) is 37.1 Å². The van der Waals surface area contributed by atoms with Gasteiger partial charge in [0.05, 0.1) is 0 Å². The van der Waals surface area contributed by atoms with Crippen LogP contribution in [0.15, 0.2) is 12.2 Å². The Kier molecular flexibility index (Phi) is 1.10. The van der Waals surface area contributed by atoms with Crippen LogP contribution in [0.4, 0.5) is 0 Å². The number of rotatable bonds is 0. The van der Waals surface area contributed by atoms with E-state index in [0.29, 0.717) is 0 Å². The van der Waals surface area contributed by atoms with Crippen LogP contribution in [0.5, 0.6) is 0 Å². The number of hydrogen-bond acceptors (Lipinski definition) is 0. The van der Waals surface area contributed by atoms with E-state index in [2.05, 4.69) is 34.7 Å². The molecular weight excluding hydrogens is 357 g/mol. The van der Waals surface area contributed by atoms with Crippen molar-refractivity contribution in [2.45, 2.75) is 16.8 Å². The second-order valence-electron chi connectivity index (χ2n) is 2.66. The van der Waals surface area contributed by atoms with Crippen molar-refractivity contribution < 1.29 is 0 Å². The van der Waals surface area contributed by atoms with Gasteiger partial charge in [-0.15, -0.1) is 0 Å². The van der Waals surface area contributed by atoms with Gasteiger partial charge >= 0.3 is 81.4 Å². The molecule has 0 bridgehead atoms. The number of hydrogen-bond donors (Lipinski definition) is 0. The molecule has 48 valence electrons. The minimum absolute atomic E-state index is 0.726. The zero-order chi connectivity index (χ0) is 6.06. The summed E-state index contributed by atoms with van der Waals surface area (Å²) >= 11 is 4.68. The van der Waals surface area contributed by atoms with E-state index < -0.39 is 0 Å². The first-order chi connectivity index (χ1) is 4.30. The molecule has 3 heteroatoms. The van der Waals surface area contributed by atoms with Gasteiger partial charge in [0.25, 0.3) is 0 Å². The van der Waals surface area contributed by atoms with Crippen molar-refractivity contribution in [1.82, 2.24) is 0 Å². The Labute approximate surface area is 80.7 Å². The molecule has 0 nitrogen and oxygen atoms in total. The molecule has 4 atom stereocenters. The van der Waals surface area contributed by atoms with Crippen molar-refractivity contribution in [3.63, 3.8) is 0 Å². The summed E-state index contributed by atoms with van der Waals surface area (Å²) in [6.45, 7) is 0. The van der Waals surface area contributed by atoms with Crippen LogP contribution in [0.25, 0.3) is 0 Å². The first-order valence-electron chi connectivity index (χ1n) is 3.01. The molecule has 0 aromatic rings. The topological polar surface area (TPSA) is 0 Å². The Hall–Kier alpha value is 1.51. The standard InChI is InChI=1S/C6H5ISe2/c7-6-2-1-3-4(8-3)5(6)9-6/h1-5H. The van der Waals surface area contributed by atoms with Gasteiger partial charge in [0, 0.05) is 0 Å². The van der Waals surface area contributed by atoms with E-state index in [1.54, 1.807) is 0 Å². The predicted octanol–water partition coefficient (Wildman–Crippen LogP) is 1.49. The third-order valence-electron chi connectivity index (χ3n) is 2.01. The molecular formula is C6H5ISe2.